The molecule has 7 aliphatic heterocycles. The molecule has 0 radical (unpaired) electrons. The molecule has 0 aromatic carbocycles. The zero-order valence-corrected chi connectivity index (χ0v) is 73.4. The number of carbonyl (C=O) groups is 3. The van der Waals surface area contributed by atoms with E-state index in [0.29, 0.717) is 19.3 Å². The molecule has 0 aromatic heterocycles. The van der Waals surface area contributed by atoms with E-state index in [9.17, 15) is 117 Å². The summed E-state index contributed by atoms with van der Waals surface area (Å²) in [6.45, 7) is 24.7. The van der Waals surface area contributed by atoms with Crippen molar-refractivity contribution >= 4 is 17.8 Å². The number of aliphatic hydroxyl groups is 20. The maximum Gasteiger partial charge on any atom is 0.333 e. The summed E-state index contributed by atoms with van der Waals surface area (Å²) in [5, 5.41) is 237. The summed E-state index contributed by atoms with van der Waals surface area (Å²) in [4.78, 5) is 39.2. The Balaban J connectivity index is 1.22. The lowest BCUT2D eigenvalue weighted by Gasteiger charge is -2.49. The van der Waals surface area contributed by atoms with Gasteiger partial charge in [-0.2, -0.15) is 0 Å². The third-order valence-electron chi connectivity index (χ3n) is 26.2. The third kappa shape index (κ3) is 27.5. The first-order valence-electron chi connectivity index (χ1n) is 43.7. The molecule has 0 saturated carbocycles. The normalized spacial score (nSPS) is 45.8. The zero-order chi connectivity index (χ0) is 91.2. The first-order valence-corrected chi connectivity index (χ1v) is 43.7. The van der Waals surface area contributed by atoms with E-state index >= 15 is 0 Å². The highest BCUT2D eigenvalue weighted by atomic mass is 16.8. The van der Waals surface area contributed by atoms with E-state index in [2.05, 4.69) is 10.6 Å². The lowest BCUT2D eigenvalue weighted by atomic mass is 9.82. The van der Waals surface area contributed by atoms with Crippen LogP contribution < -0.4 is 10.6 Å². The van der Waals surface area contributed by atoms with Crippen LogP contribution in [0.3, 0.4) is 0 Å². The summed E-state index contributed by atoms with van der Waals surface area (Å²) >= 11 is 0. The van der Waals surface area contributed by atoms with Crippen molar-refractivity contribution in [2.45, 2.75) is 433 Å². The van der Waals surface area contributed by atoms with Crippen molar-refractivity contribution in [3.8, 4) is 0 Å². The first kappa shape index (κ1) is 105. The van der Waals surface area contributed by atoms with Gasteiger partial charge in [0.2, 0.25) is 11.8 Å². The highest BCUT2D eigenvalue weighted by molar-refractivity contribution is 5.88. The lowest BCUT2D eigenvalue weighted by Crippen LogP contribution is -2.63. The number of hydrogen-bond acceptors (Lipinski definition) is 35. The maximum absolute atomic E-state index is 14.7. The van der Waals surface area contributed by atoms with E-state index in [1.54, 1.807) is 53.7 Å². The first-order chi connectivity index (χ1) is 57.1. The smallest absolute Gasteiger partial charge is 0.333 e. The molecule has 122 heavy (non-hydrogen) atoms. The third-order valence-corrected chi connectivity index (χ3v) is 26.2. The van der Waals surface area contributed by atoms with Crippen LogP contribution in [-0.4, -0.2) is 353 Å². The summed E-state index contributed by atoms with van der Waals surface area (Å²) in [5.41, 5.74) is -0.762. The fourth-order valence-corrected chi connectivity index (χ4v) is 17.6. The van der Waals surface area contributed by atoms with Gasteiger partial charge in [-0.15, -0.1) is 0 Å². The van der Waals surface area contributed by atoms with Crippen LogP contribution >= 0.6 is 0 Å². The Morgan fingerprint density at radius 2 is 1.21 bits per heavy atom. The average Bonchev–Trinajstić information content (AvgIpc) is 0.739. The van der Waals surface area contributed by atoms with Crippen LogP contribution in [0.25, 0.3) is 0 Å². The van der Waals surface area contributed by atoms with Gasteiger partial charge in [0, 0.05) is 99.9 Å². The van der Waals surface area contributed by atoms with E-state index in [1.807, 2.05) is 20.8 Å². The molecule has 2 amide bonds. The Morgan fingerprint density at radius 1 is 0.598 bits per heavy atom. The number of esters is 1. The Kier molecular flexibility index (Phi) is 40.9. The van der Waals surface area contributed by atoms with E-state index < -0.39 is 312 Å². The Bertz CT molecular complexity index is 3270. The van der Waals surface area contributed by atoms with Gasteiger partial charge in [-0.25, -0.2) is 4.79 Å². The van der Waals surface area contributed by atoms with Crippen molar-refractivity contribution in [2.75, 3.05) is 6.61 Å². The van der Waals surface area contributed by atoms with Gasteiger partial charge in [-0.1, -0.05) is 93.0 Å². The summed E-state index contributed by atoms with van der Waals surface area (Å²) in [6, 6.07) is -0.908. The quantitative estimate of drug-likeness (QED) is 0.0401. The average molecular weight is 1760 g/mol. The zero-order valence-electron chi connectivity index (χ0n) is 73.4. The molecule has 6 fully saturated rings. The van der Waals surface area contributed by atoms with Gasteiger partial charge >= 0.3 is 5.97 Å². The second-order valence-corrected chi connectivity index (χ2v) is 36.0. The minimum atomic E-state index is -2.78. The molecule has 7 heterocycles. The van der Waals surface area contributed by atoms with Gasteiger partial charge < -0.3 is 170 Å². The number of fused-ring (bicyclic) bond motifs is 2. The molecule has 44 atom stereocenters. The molecule has 22 N–H and O–H groups in total. The largest absolute Gasteiger partial charge is 0.458 e. The van der Waals surface area contributed by atoms with Crippen LogP contribution in [0, 0.1) is 41.4 Å². The van der Waals surface area contributed by atoms with Crippen molar-refractivity contribution in [1.82, 2.24) is 10.6 Å². The van der Waals surface area contributed by atoms with Crippen LogP contribution in [0.4, 0.5) is 0 Å². The van der Waals surface area contributed by atoms with Crippen molar-refractivity contribution < 1.29 is 173 Å². The molecule has 0 aliphatic carbocycles. The highest BCUT2D eigenvalue weighted by Gasteiger charge is 2.56. The Hall–Kier alpha value is -3.61. The number of cyclic esters (lactones) is 1. The SMILES string of the molecule is CCC[C@@H](O[C@H]1C[C@](C)(NC(C)=O)[C@@H](O)[C@H](C)O1)[C@@H](C)[C@@H](O)[C@@H](/C=C/[C@H](O)[C@@H](C)[C@@H]1C/C=C(\C)[C@@H](O)[C@@H](C)[C@H](O[C@@H]2O[C@H](CO)[C@@H](O)[C@H](O)[C@@H]2O)C[C@@H](O)[C@@H](C)[C@H](O)C[C@@H]2C[C@H](O)[C@@H](O)[C@](O)(C[C@@H](O[C@H]3O[C@H](O[C@@H]4O[C@H](C)[C@@H](O)[C@H](O)[C@H]4O)[C@@H](O[C@H]4C[C@@H](NC(C)=O)[C@H](O)[C@@H](C)O4)[C@H](O)[C@H]3C)[C@@H](C)CC[C@@H](O)C[C@@H](O)C/C=C(\CC)C(=O)O1)O2)CC. The van der Waals surface area contributed by atoms with Crippen LogP contribution in [0.1, 0.15) is 207 Å². The van der Waals surface area contributed by atoms with E-state index in [0.717, 1.165) is 0 Å². The number of nitrogens with one attached hydrogen (secondary N) is 2. The molecule has 0 aromatic rings. The summed E-state index contributed by atoms with van der Waals surface area (Å²) in [5.74, 6) is -10.9. The second-order valence-electron chi connectivity index (χ2n) is 36.0. The highest BCUT2D eigenvalue weighted by Crippen LogP contribution is 2.43. The topological polar surface area (TPSA) is 591 Å². The van der Waals surface area contributed by atoms with Crippen LogP contribution in [0.2, 0.25) is 0 Å². The van der Waals surface area contributed by atoms with E-state index in [1.165, 1.54) is 60.6 Å². The molecule has 37 nitrogen and oxygen atoms in total. The van der Waals surface area contributed by atoms with Crippen molar-refractivity contribution in [3.63, 3.8) is 0 Å². The monoisotopic (exact) mass is 1760 g/mol. The van der Waals surface area contributed by atoms with Gasteiger partial charge in [-0.3, -0.25) is 9.59 Å². The molecule has 2 bridgehead atoms. The molecule has 37 heteroatoms. The molecular formula is C85H148N2O35. The predicted molar refractivity (Wildman–Crippen MR) is 431 cm³/mol. The number of hydrogen-bond donors (Lipinski definition) is 22. The van der Waals surface area contributed by atoms with Gasteiger partial charge in [0.1, 0.15) is 73.2 Å². The lowest BCUT2D eigenvalue weighted by molar-refractivity contribution is -0.413. The number of amides is 2. The van der Waals surface area contributed by atoms with Gasteiger partial charge in [0.05, 0.1) is 116 Å². The molecule has 7 aliphatic rings. The number of ether oxygens (including phenoxy) is 12. The molecule has 0 unspecified atom stereocenters. The van der Waals surface area contributed by atoms with Crippen molar-refractivity contribution in [3.05, 3.63) is 35.5 Å². The fourth-order valence-electron chi connectivity index (χ4n) is 17.6. The Labute approximate surface area is 715 Å². The Morgan fingerprint density at radius 3 is 1.84 bits per heavy atom. The predicted octanol–water partition coefficient (Wildman–Crippen LogP) is -1.14. The van der Waals surface area contributed by atoms with Crippen LogP contribution in [0.5, 0.6) is 0 Å². The molecule has 0 spiro atoms. The summed E-state index contributed by atoms with van der Waals surface area (Å²) in [6.07, 6.45) is -44.7. The van der Waals surface area contributed by atoms with Gasteiger partial charge in [-0.05, 0) is 91.1 Å². The van der Waals surface area contributed by atoms with Crippen LogP contribution in [-0.2, 0) is 71.2 Å². The number of rotatable bonds is 24. The van der Waals surface area contributed by atoms with Crippen molar-refractivity contribution in [1.29, 1.82) is 0 Å². The second kappa shape index (κ2) is 47.3. The van der Waals surface area contributed by atoms with Crippen LogP contribution in [0.15, 0.2) is 35.5 Å². The molecule has 6 saturated heterocycles. The molecule has 7 rings (SSSR count). The maximum atomic E-state index is 14.7. The summed E-state index contributed by atoms with van der Waals surface area (Å²) < 4.78 is 75.1. The van der Waals surface area contributed by atoms with Gasteiger partial charge in [0.25, 0.3) is 0 Å². The fraction of sp³-hybridized carbons (Fsp3) is 0.894. The van der Waals surface area contributed by atoms with E-state index in [-0.39, 0.29) is 68.4 Å². The van der Waals surface area contributed by atoms with Crippen molar-refractivity contribution in [2.24, 2.45) is 41.4 Å². The number of aliphatic hydroxyl groups excluding tert-OH is 19. The van der Waals surface area contributed by atoms with E-state index in [4.69, 9.17) is 56.8 Å². The minimum Gasteiger partial charge on any atom is -0.458 e. The molecular weight excluding hydrogens is 1610 g/mol. The minimum absolute atomic E-state index is 0.00889. The summed E-state index contributed by atoms with van der Waals surface area (Å²) in [7, 11) is 0. The number of carbonyl (C=O) groups excluding carboxylic acids is 3. The van der Waals surface area contributed by atoms with Gasteiger partial charge in [0.15, 0.2) is 43.5 Å². The molecule has 708 valence electrons. The standard InChI is InChI=1S/C85H148N2O35/c1-17-20-59(114-65-35-84(16,87-48(15)90)77(107)46(13)112-65)41(8)67(98)49(18-2)24-27-55(93)40(7)60-28-22-38(5)66(97)42(9)61(116-82-75(106)73(104)71(102)63(36-88)118-82)33-57(95)39(6)56(94)30-53-31-58(96)78(108)85(110,122-53)34-62(37(4)21-25-51(91)29-52(92)26-23-50(19-3)79(109)115-60)117-80-43(10)68(99)76(119-64-32-54(86-47(14)89)69(100)44(11)111-64)83(120-80)121-81-74(105)72(103)70(101)45(12)113-81/h22-24,27,37,39-46,49,51-78,80-83,88,91-108,110H,17-21,25-26,28-36H2,1-16H3,(H,86,89)(H,87,90)/b27-24+,38-22+,50-23+/t37-,39-,40+,41+,42-,43+,44+,45+,46-,49+,51+,52-,53+,54+,55-,56+,57+,58-,59+,60-,61+,62+,63+,64-,65-,66+,67+,68+,69+,70+,71+,72-,73-,74+,75-,76-,77-,78+,80-,81-,82+,83+,84-,85-/m0/s1.